The molecule has 0 radical (unpaired) electrons. The Morgan fingerprint density at radius 2 is 2.20 bits per heavy atom. The topological polar surface area (TPSA) is 89.7 Å². The van der Waals surface area contributed by atoms with Crippen molar-refractivity contribution in [2.45, 2.75) is 36.8 Å². The summed E-state index contributed by atoms with van der Waals surface area (Å²) in [6.07, 6.45) is 0.805. The SMILES string of the molecule is CCCOc1cc(SC(C)CC(=O)O)cc([N+](=O)[O-])c1. The Morgan fingerprint density at radius 1 is 1.50 bits per heavy atom. The lowest BCUT2D eigenvalue weighted by molar-refractivity contribution is -0.385. The fourth-order valence-corrected chi connectivity index (χ4v) is 2.62. The summed E-state index contributed by atoms with van der Waals surface area (Å²) in [6, 6.07) is 4.51. The van der Waals surface area contributed by atoms with E-state index in [4.69, 9.17) is 9.84 Å². The summed E-state index contributed by atoms with van der Waals surface area (Å²) in [7, 11) is 0. The molecule has 0 aliphatic carbocycles. The van der Waals surface area contributed by atoms with Crippen molar-refractivity contribution in [3.05, 3.63) is 28.3 Å². The van der Waals surface area contributed by atoms with Gasteiger partial charge in [-0.2, -0.15) is 0 Å². The third-order valence-corrected chi connectivity index (χ3v) is 3.42. The zero-order valence-electron chi connectivity index (χ0n) is 11.4. The second-order valence-electron chi connectivity index (χ2n) is 4.29. The Kier molecular flexibility index (Phi) is 6.30. The molecule has 0 fully saturated rings. The van der Waals surface area contributed by atoms with Crippen LogP contribution in [-0.2, 0) is 4.79 Å². The van der Waals surface area contributed by atoms with Gasteiger partial charge < -0.3 is 9.84 Å². The fraction of sp³-hybridized carbons (Fsp3) is 0.462. The number of nitro groups is 1. The van der Waals surface area contributed by atoms with E-state index in [1.165, 1.54) is 23.9 Å². The van der Waals surface area contributed by atoms with Crippen molar-refractivity contribution < 1.29 is 19.6 Å². The molecule has 7 heteroatoms. The van der Waals surface area contributed by atoms with Gasteiger partial charge in [0.25, 0.3) is 5.69 Å². The third-order valence-electron chi connectivity index (χ3n) is 2.35. The molecule has 0 aliphatic heterocycles. The molecular formula is C13H17NO5S. The van der Waals surface area contributed by atoms with E-state index in [-0.39, 0.29) is 17.4 Å². The molecule has 0 spiro atoms. The van der Waals surface area contributed by atoms with Gasteiger partial charge in [-0.1, -0.05) is 13.8 Å². The van der Waals surface area contributed by atoms with Gasteiger partial charge in [-0.15, -0.1) is 11.8 Å². The normalized spacial score (nSPS) is 11.9. The summed E-state index contributed by atoms with van der Waals surface area (Å²) >= 11 is 1.29. The second kappa shape index (κ2) is 7.74. The first-order chi connectivity index (χ1) is 9.42. The number of aliphatic carboxylic acids is 1. The highest BCUT2D eigenvalue weighted by molar-refractivity contribution is 8.00. The van der Waals surface area contributed by atoms with E-state index in [0.29, 0.717) is 17.3 Å². The Balaban J connectivity index is 2.90. The molecule has 1 unspecified atom stereocenters. The number of thioether (sulfide) groups is 1. The van der Waals surface area contributed by atoms with Gasteiger partial charge in [0.05, 0.1) is 24.0 Å². The van der Waals surface area contributed by atoms with Crippen LogP contribution in [0, 0.1) is 10.1 Å². The lowest BCUT2D eigenvalue weighted by Crippen LogP contribution is -2.05. The van der Waals surface area contributed by atoms with Crippen LogP contribution in [0.4, 0.5) is 5.69 Å². The number of ether oxygens (including phenoxy) is 1. The molecule has 0 amide bonds. The largest absolute Gasteiger partial charge is 0.493 e. The molecular weight excluding hydrogens is 282 g/mol. The number of hydrogen-bond donors (Lipinski definition) is 1. The third kappa shape index (κ3) is 5.48. The summed E-state index contributed by atoms with van der Waals surface area (Å²) in [5.41, 5.74) is -0.0522. The van der Waals surface area contributed by atoms with E-state index >= 15 is 0 Å². The number of hydrogen-bond acceptors (Lipinski definition) is 5. The predicted octanol–water partition coefficient (Wildman–Crippen LogP) is 3.34. The van der Waals surface area contributed by atoms with Crippen LogP contribution in [0.15, 0.2) is 23.1 Å². The Labute approximate surface area is 121 Å². The molecule has 0 bridgehead atoms. The zero-order valence-corrected chi connectivity index (χ0v) is 12.2. The average molecular weight is 299 g/mol. The summed E-state index contributed by atoms with van der Waals surface area (Å²) in [5, 5.41) is 19.4. The Morgan fingerprint density at radius 3 is 2.75 bits per heavy atom. The molecule has 0 heterocycles. The summed E-state index contributed by atoms with van der Waals surface area (Å²) in [5.74, 6) is -0.455. The minimum Gasteiger partial charge on any atom is -0.493 e. The maximum Gasteiger partial charge on any atom is 0.304 e. The zero-order chi connectivity index (χ0) is 15.1. The maximum atomic E-state index is 10.9. The van der Waals surface area contributed by atoms with Crippen LogP contribution in [-0.4, -0.2) is 27.9 Å². The number of benzene rings is 1. The molecule has 1 atom stereocenters. The molecule has 0 saturated heterocycles. The summed E-state index contributed by atoms with van der Waals surface area (Å²) in [4.78, 5) is 21.7. The van der Waals surface area contributed by atoms with Crippen molar-refractivity contribution in [2.75, 3.05) is 6.61 Å². The van der Waals surface area contributed by atoms with Crippen LogP contribution < -0.4 is 4.74 Å². The molecule has 1 N–H and O–H groups in total. The Bertz CT molecular complexity index is 492. The summed E-state index contributed by atoms with van der Waals surface area (Å²) in [6.45, 7) is 4.20. The van der Waals surface area contributed by atoms with Crippen LogP contribution in [0.3, 0.4) is 0 Å². The molecule has 0 saturated carbocycles. The van der Waals surface area contributed by atoms with Crippen molar-refractivity contribution in [3.8, 4) is 5.75 Å². The average Bonchev–Trinajstić information content (AvgIpc) is 2.34. The van der Waals surface area contributed by atoms with Gasteiger partial charge in [0, 0.05) is 16.2 Å². The van der Waals surface area contributed by atoms with Crippen molar-refractivity contribution in [1.82, 2.24) is 0 Å². The van der Waals surface area contributed by atoms with Crippen molar-refractivity contribution >= 4 is 23.4 Å². The van der Waals surface area contributed by atoms with Crippen molar-refractivity contribution in [3.63, 3.8) is 0 Å². The van der Waals surface area contributed by atoms with Crippen LogP contribution in [0.25, 0.3) is 0 Å². The predicted molar refractivity (Wildman–Crippen MR) is 76.5 cm³/mol. The fourth-order valence-electron chi connectivity index (χ4n) is 1.55. The number of nitro benzene ring substituents is 1. The molecule has 1 aromatic rings. The smallest absolute Gasteiger partial charge is 0.304 e. The van der Waals surface area contributed by atoms with Gasteiger partial charge in [-0.25, -0.2) is 0 Å². The monoisotopic (exact) mass is 299 g/mol. The van der Waals surface area contributed by atoms with Crippen LogP contribution in [0.2, 0.25) is 0 Å². The maximum absolute atomic E-state index is 10.9. The van der Waals surface area contributed by atoms with Gasteiger partial charge in [-0.3, -0.25) is 14.9 Å². The van der Waals surface area contributed by atoms with Crippen molar-refractivity contribution in [2.24, 2.45) is 0 Å². The van der Waals surface area contributed by atoms with Crippen LogP contribution in [0.1, 0.15) is 26.7 Å². The molecule has 110 valence electrons. The number of carbonyl (C=O) groups is 1. The quantitative estimate of drug-likeness (QED) is 0.450. The van der Waals surface area contributed by atoms with Crippen LogP contribution in [0.5, 0.6) is 5.75 Å². The number of non-ortho nitro benzene ring substituents is 1. The lowest BCUT2D eigenvalue weighted by Gasteiger charge is -2.10. The van der Waals surface area contributed by atoms with Gasteiger partial charge >= 0.3 is 5.97 Å². The summed E-state index contributed by atoms with van der Waals surface area (Å²) < 4.78 is 5.42. The molecule has 20 heavy (non-hydrogen) atoms. The molecule has 0 aromatic heterocycles. The van der Waals surface area contributed by atoms with E-state index in [9.17, 15) is 14.9 Å². The lowest BCUT2D eigenvalue weighted by atomic mass is 10.3. The first kappa shape index (κ1) is 16.3. The standard InChI is InChI=1S/C13H17NO5S/c1-3-4-19-11-6-10(14(17)18)7-12(8-11)20-9(2)5-13(15)16/h6-9H,3-5H2,1-2H3,(H,15,16). The Hall–Kier alpha value is -1.76. The van der Waals surface area contributed by atoms with E-state index in [1.807, 2.05) is 6.92 Å². The van der Waals surface area contributed by atoms with Crippen LogP contribution >= 0.6 is 11.8 Å². The van der Waals surface area contributed by atoms with Crippen molar-refractivity contribution in [1.29, 1.82) is 0 Å². The van der Waals surface area contributed by atoms with E-state index in [1.54, 1.807) is 13.0 Å². The minimum absolute atomic E-state index is 0.00148. The number of rotatable bonds is 8. The van der Waals surface area contributed by atoms with E-state index in [0.717, 1.165) is 6.42 Å². The first-order valence-corrected chi connectivity index (χ1v) is 7.11. The molecule has 1 aromatic carbocycles. The molecule has 6 nitrogen and oxygen atoms in total. The minimum atomic E-state index is -0.891. The highest BCUT2D eigenvalue weighted by atomic mass is 32.2. The second-order valence-corrected chi connectivity index (χ2v) is 5.81. The van der Waals surface area contributed by atoms with Gasteiger partial charge in [0.2, 0.25) is 0 Å². The van der Waals surface area contributed by atoms with Gasteiger partial charge in [0.1, 0.15) is 5.75 Å². The molecule has 0 aliphatic rings. The van der Waals surface area contributed by atoms with Gasteiger partial charge in [-0.05, 0) is 12.5 Å². The highest BCUT2D eigenvalue weighted by Gasteiger charge is 2.14. The first-order valence-electron chi connectivity index (χ1n) is 6.23. The highest BCUT2D eigenvalue weighted by Crippen LogP contribution is 2.32. The number of nitrogens with zero attached hydrogens (tertiary/aromatic N) is 1. The van der Waals surface area contributed by atoms with Gasteiger partial charge in [0.15, 0.2) is 0 Å². The van der Waals surface area contributed by atoms with E-state index in [2.05, 4.69) is 0 Å². The number of carboxylic acid groups (broad SMARTS) is 1. The molecule has 1 rings (SSSR count). The number of carboxylic acids is 1. The van der Waals surface area contributed by atoms with E-state index < -0.39 is 10.9 Å².